The van der Waals surface area contributed by atoms with Gasteiger partial charge in [0.15, 0.2) is 0 Å². The molecule has 6 nitrogen and oxygen atoms in total. The monoisotopic (exact) mass is 194 g/mol. The molecule has 0 fully saturated rings. The Bertz CT molecular complexity index is 138. The Hall–Kier alpha value is -1.72. The number of rotatable bonds is 1. The minimum atomic E-state index is -1.83. The summed E-state index contributed by atoms with van der Waals surface area (Å²) in [4.78, 5) is 17.9. The first-order valence-corrected chi connectivity index (χ1v) is 3.26. The van der Waals surface area contributed by atoms with Gasteiger partial charge >= 0.3 is 12.3 Å². The Morgan fingerprint density at radius 2 is 1.62 bits per heavy atom. The maximum Gasteiger partial charge on any atom is 0.505 e. The summed E-state index contributed by atoms with van der Waals surface area (Å²) in [6.45, 7) is 7.10. The van der Waals surface area contributed by atoms with Crippen LogP contribution in [-0.4, -0.2) is 34.2 Å². The van der Waals surface area contributed by atoms with Crippen LogP contribution in [0.2, 0.25) is 0 Å². The molecule has 0 amide bonds. The van der Waals surface area contributed by atoms with Crippen LogP contribution in [0.25, 0.3) is 0 Å². The summed E-state index contributed by atoms with van der Waals surface area (Å²) in [5.41, 5.74) is 0. The van der Waals surface area contributed by atoms with Crippen molar-refractivity contribution in [2.45, 2.75) is 13.8 Å². The second-order valence-corrected chi connectivity index (χ2v) is 1.39. The van der Waals surface area contributed by atoms with Crippen LogP contribution in [0.15, 0.2) is 12.7 Å². The number of carboxylic acid groups (broad SMARTS) is 3. The number of ether oxygens (including phenoxy) is 1. The molecule has 0 bridgehead atoms. The first-order chi connectivity index (χ1) is 5.92. The normalized spacial score (nSPS) is 6.31. The molecular weight excluding hydrogens is 180 g/mol. The molecule has 0 atom stereocenters. The Morgan fingerprint density at radius 3 is 1.62 bits per heavy atom. The number of allylic oxidation sites excluding steroid dienone is 1. The van der Waals surface area contributed by atoms with E-state index in [1.165, 1.54) is 0 Å². The lowest BCUT2D eigenvalue weighted by Gasteiger charge is -1.87. The van der Waals surface area contributed by atoms with Crippen molar-refractivity contribution in [2.24, 2.45) is 0 Å². The molecule has 0 radical (unpaired) electrons. The highest BCUT2D eigenvalue weighted by Gasteiger charge is 1.86. The second kappa shape index (κ2) is 16.7. The highest BCUT2D eigenvalue weighted by Crippen LogP contribution is 1.69. The third-order valence-electron chi connectivity index (χ3n) is 0.268. The summed E-state index contributed by atoms with van der Waals surface area (Å²) < 4.78 is 3.96. The standard InChI is InChI=1S/C3H6O3.C3H6.CH2O3/c1-2-6-3(4)5;1-3-2;2-1(3)4/h2H2,1H3,(H,4,5);3H,1H2,2H3;(H2,2,3,4). The van der Waals surface area contributed by atoms with Crippen molar-refractivity contribution in [1.82, 2.24) is 0 Å². The fourth-order valence-electron chi connectivity index (χ4n) is 0.123. The molecule has 0 aliphatic carbocycles. The zero-order valence-electron chi connectivity index (χ0n) is 7.56. The fraction of sp³-hybridized carbons (Fsp3) is 0.429. The third-order valence-corrected chi connectivity index (χ3v) is 0.268. The first kappa shape index (κ1) is 17.4. The highest BCUT2D eigenvalue weighted by atomic mass is 16.7. The van der Waals surface area contributed by atoms with E-state index in [1.54, 1.807) is 13.0 Å². The second-order valence-electron chi connectivity index (χ2n) is 1.39. The molecule has 0 rings (SSSR count). The third kappa shape index (κ3) is 430. The van der Waals surface area contributed by atoms with Gasteiger partial charge < -0.3 is 20.1 Å². The van der Waals surface area contributed by atoms with E-state index in [-0.39, 0.29) is 6.61 Å². The van der Waals surface area contributed by atoms with E-state index in [2.05, 4.69) is 11.3 Å². The SMILES string of the molecule is C=CC.CCOC(=O)O.O=C(O)O. The minimum Gasteiger partial charge on any atom is -0.450 e. The van der Waals surface area contributed by atoms with Crippen molar-refractivity contribution < 1.29 is 29.6 Å². The van der Waals surface area contributed by atoms with Gasteiger partial charge in [-0.25, -0.2) is 9.59 Å². The van der Waals surface area contributed by atoms with E-state index in [9.17, 15) is 4.79 Å². The Labute approximate surface area is 76.1 Å². The van der Waals surface area contributed by atoms with Crippen molar-refractivity contribution in [3.05, 3.63) is 12.7 Å². The molecule has 3 N–H and O–H groups in total. The summed E-state index contributed by atoms with van der Waals surface area (Å²) in [6.07, 6.45) is -1.29. The summed E-state index contributed by atoms with van der Waals surface area (Å²) in [5.74, 6) is 0. The largest absolute Gasteiger partial charge is 0.505 e. The van der Waals surface area contributed by atoms with Gasteiger partial charge in [-0.3, -0.25) is 0 Å². The van der Waals surface area contributed by atoms with Crippen LogP contribution in [-0.2, 0) is 4.74 Å². The molecule has 0 saturated heterocycles. The minimum absolute atomic E-state index is 0.231. The maximum atomic E-state index is 9.38. The molecule has 0 heterocycles. The molecule has 0 aromatic heterocycles. The van der Waals surface area contributed by atoms with Crippen LogP contribution in [0.5, 0.6) is 0 Å². The lowest BCUT2D eigenvalue weighted by atomic mass is 10.8. The predicted octanol–water partition coefficient (Wildman–Crippen LogP) is 2.12. The highest BCUT2D eigenvalue weighted by molar-refractivity contribution is 5.56. The smallest absolute Gasteiger partial charge is 0.450 e. The molecule has 0 unspecified atom stereocenters. The Balaban J connectivity index is -0.000000125. The quantitative estimate of drug-likeness (QED) is 0.436. The average Bonchev–Trinajstić information content (AvgIpc) is 1.86. The van der Waals surface area contributed by atoms with Crippen molar-refractivity contribution in [3.8, 4) is 0 Å². The fourth-order valence-corrected chi connectivity index (χ4v) is 0.123. The molecule has 6 heteroatoms. The van der Waals surface area contributed by atoms with E-state index >= 15 is 0 Å². The maximum absolute atomic E-state index is 9.38. The van der Waals surface area contributed by atoms with Crippen LogP contribution in [0.1, 0.15) is 13.8 Å². The summed E-state index contributed by atoms with van der Waals surface area (Å²) in [6, 6.07) is 0. The van der Waals surface area contributed by atoms with Crippen LogP contribution >= 0.6 is 0 Å². The Kier molecular flexibility index (Phi) is 22.3. The van der Waals surface area contributed by atoms with Crippen molar-refractivity contribution in [1.29, 1.82) is 0 Å². The topological polar surface area (TPSA) is 104 Å². The predicted molar refractivity (Wildman–Crippen MR) is 46.2 cm³/mol. The molecule has 0 aliphatic heterocycles. The molecule has 0 aliphatic rings. The Morgan fingerprint density at radius 1 is 1.38 bits per heavy atom. The molecule has 0 saturated carbocycles. The van der Waals surface area contributed by atoms with E-state index < -0.39 is 12.3 Å². The lowest BCUT2D eigenvalue weighted by molar-refractivity contribution is 0.0965. The van der Waals surface area contributed by atoms with Gasteiger partial charge in [0.05, 0.1) is 6.61 Å². The zero-order chi connectivity index (χ0) is 11.3. The molecule has 0 spiro atoms. The summed E-state index contributed by atoms with van der Waals surface area (Å²) in [5, 5.41) is 21.6. The summed E-state index contributed by atoms with van der Waals surface area (Å²) in [7, 11) is 0. The van der Waals surface area contributed by atoms with Gasteiger partial charge in [0.2, 0.25) is 0 Å². The number of hydrogen-bond acceptors (Lipinski definition) is 3. The summed E-state index contributed by atoms with van der Waals surface area (Å²) >= 11 is 0. The molecule has 0 aromatic carbocycles. The average molecular weight is 194 g/mol. The van der Waals surface area contributed by atoms with Crippen LogP contribution in [0.4, 0.5) is 9.59 Å². The molecule has 13 heavy (non-hydrogen) atoms. The first-order valence-electron chi connectivity index (χ1n) is 3.26. The van der Waals surface area contributed by atoms with Crippen molar-refractivity contribution in [3.63, 3.8) is 0 Å². The van der Waals surface area contributed by atoms with Crippen LogP contribution in [0.3, 0.4) is 0 Å². The molecular formula is C7H14O6. The van der Waals surface area contributed by atoms with E-state index in [0.29, 0.717) is 0 Å². The number of carbonyl (C=O) groups is 2. The van der Waals surface area contributed by atoms with Crippen molar-refractivity contribution in [2.75, 3.05) is 6.61 Å². The van der Waals surface area contributed by atoms with Gasteiger partial charge in [0, 0.05) is 0 Å². The molecule has 78 valence electrons. The van der Waals surface area contributed by atoms with Gasteiger partial charge in [0.25, 0.3) is 0 Å². The van der Waals surface area contributed by atoms with Gasteiger partial charge in [-0.1, -0.05) is 6.08 Å². The number of hydrogen-bond donors (Lipinski definition) is 3. The molecule has 0 aromatic rings. The van der Waals surface area contributed by atoms with Gasteiger partial charge in [-0.05, 0) is 13.8 Å². The van der Waals surface area contributed by atoms with Gasteiger partial charge in [-0.15, -0.1) is 6.58 Å². The van der Waals surface area contributed by atoms with E-state index in [1.807, 2.05) is 6.92 Å². The van der Waals surface area contributed by atoms with Crippen molar-refractivity contribution >= 4 is 12.3 Å². The van der Waals surface area contributed by atoms with E-state index in [0.717, 1.165) is 0 Å². The van der Waals surface area contributed by atoms with Gasteiger partial charge in [-0.2, -0.15) is 0 Å². The van der Waals surface area contributed by atoms with E-state index in [4.69, 9.17) is 20.1 Å². The zero-order valence-corrected chi connectivity index (χ0v) is 7.56. The van der Waals surface area contributed by atoms with Crippen LogP contribution < -0.4 is 0 Å². The van der Waals surface area contributed by atoms with Gasteiger partial charge in [0.1, 0.15) is 0 Å². The lowest BCUT2D eigenvalue weighted by Crippen LogP contribution is -1.97. The van der Waals surface area contributed by atoms with Crippen LogP contribution in [0, 0.1) is 0 Å².